The summed E-state index contributed by atoms with van der Waals surface area (Å²) in [5.41, 5.74) is 3.93. The minimum absolute atomic E-state index is 0.456. The first kappa shape index (κ1) is 19.5. The van der Waals surface area contributed by atoms with Gasteiger partial charge in [0.1, 0.15) is 12.4 Å². The molecular formula is C22H18ClNO4. The Hall–Kier alpha value is -3.31. The van der Waals surface area contributed by atoms with E-state index in [0.29, 0.717) is 11.6 Å². The van der Waals surface area contributed by atoms with Crippen molar-refractivity contribution in [3.05, 3.63) is 88.9 Å². The van der Waals surface area contributed by atoms with Crippen LogP contribution in [0.2, 0.25) is 5.02 Å². The first-order chi connectivity index (χ1) is 13.6. The molecule has 1 N–H and O–H groups in total. The van der Waals surface area contributed by atoms with Crippen molar-refractivity contribution in [2.45, 2.75) is 6.61 Å². The van der Waals surface area contributed by atoms with Gasteiger partial charge in [0.2, 0.25) is 6.61 Å². The Morgan fingerprint density at radius 3 is 2.32 bits per heavy atom. The van der Waals surface area contributed by atoms with Crippen LogP contribution in [-0.2, 0) is 16.2 Å². The van der Waals surface area contributed by atoms with Crippen molar-refractivity contribution in [3.8, 4) is 16.9 Å². The fraction of sp³-hybridized carbons (Fsp3) is 0.0909. The van der Waals surface area contributed by atoms with E-state index < -0.39 is 12.6 Å². The lowest BCUT2D eigenvalue weighted by Gasteiger charge is -2.08. The summed E-state index contributed by atoms with van der Waals surface area (Å²) in [7, 11) is 0. The van der Waals surface area contributed by atoms with Gasteiger partial charge in [-0.2, -0.15) is 0 Å². The van der Waals surface area contributed by atoms with Crippen LogP contribution in [0.4, 0.5) is 0 Å². The minimum Gasteiger partial charge on any atom is -0.489 e. The number of nitrogens with zero attached hydrogens (tertiary/aromatic N) is 1. The second-order valence-corrected chi connectivity index (χ2v) is 6.40. The van der Waals surface area contributed by atoms with Gasteiger partial charge < -0.3 is 14.7 Å². The second-order valence-electron chi connectivity index (χ2n) is 5.97. The molecule has 0 fully saturated rings. The lowest BCUT2D eigenvalue weighted by atomic mass is 10.0. The zero-order valence-electron chi connectivity index (χ0n) is 14.9. The lowest BCUT2D eigenvalue weighted by Crippen LogP contribution is -2.03. The van der Waals surface area contributed by atoms with E-state index in [1.54, 1.807) is 0 Å². The van der Waals surface area contributed by atoms with Gasteiger partial charge >= 0.3 is 5.97 Å². The average molecular weight is 396 g/mol. The highest BCUT2D eigenvalue weighted by molar-refractivity contribution is 6.30. The molecule has 5 nitrogen and oxygen atoms in total. The SMILES string of the molecule is O=C(O)CO/N=C/c1ccc(-c2ccc(OCc3cccc(Cl)c3)cc2)cc1. The molecule has 0 unspecified atom stereocenters. The molecule has 0 bridgehead atoms. The Morgan fingerprint density at radius 1 is 1.00 bits per heavy atom. The third-order valence-corrected chi connectivity index (χ3v) is 4.09. The van der Waals surface area contributed by atoms with E-state index >= 15 is 0 Å². The topological polar surface area (TPSA) is 68.1 Å². The molecule has 142 valence electrons. The molecule has 0 amide bonds. The number of carboxylic acid groups (broad SMARTS) is 1. The Labute approximate surface area is 167 Å². The van der Waals surface area contributed by atoms with E-state index in [-0.39, 0.29) is 0 Å². The molecule has 0 aliphatic heterocycles. The van der Waals surface area contributed by atoms with Gasteiger partial charge in [-0.25, -0.2) is 4.79 Å². The molecule has 3 rings (SSSR count). The maximum absolute atomic E-state index is 10.3. The molecule has 0 spiro atoms. The van der Waals surface area contributed by atoms with Crippen LogP contribution in [-0.4, -0.2) is 23.9 Å². The maximum Gasteiger partial charge on any atom is 0.344 e. The molecule has 0 aromatic heterocycles. The number of rotatable bonds is 8. The number of aliphatic carboxylic acids is 1. The monoisotopic (exact) mass is 395 g/mol. The van der Waals surface area contributed by atoms with Crippen LogP contribution in [0.3, 0.4) is 0 Å². The van der Waals surface area contributed by atoms with Crippen LogP contribution < -0.4 is 4.74 Å². The Bertz CT molecular complexity index is 953. The molecule has 28 heavy (non-hydrogen) atoms. The van der Waals surface area contributed by atoms with Crippen LogP contribution in [0.15, 0.2) is 78.0 Å². The van der Waals surface area contributed by atoms with Gasteiger partial charge in [-0.15, -0.1) is 0 Å². The molecule has 0 atom stereocenters. The summed E-state index contributed by atoms with van der Waals surface area (Å²) >= 11 is 5.98. The van der Waals surface area contributed by atoms with Crippen molar-refractivity contribution in [2.24, 2.45) is 5.16 Å². The van der Waals surface area contributed by atoms with Gasteiger partial charge in [0.15, 0.2) is 0 Å². The predicted molar refractivity (Wildman–Crippen MR) is 109 cm³/mol. The smallest absolute Gasteiger partial charge is 0.344 e. The zero-order chi connectivity index (χ0) is 19.8. The number of hydrogen-bond donors (Lipinski definition) is 1. The first-order valence-corrected chi connectivity index (χ1v) is 8.93. The Morgan fingerprint density at radius 2 is 1.68 bits per heavy atom. The van der Waals surface area contributed by atoms with Crippen LogP contribution in [0.25, 0.3) is 11.1 Å². The van der Waals surface area contributed by atoms with Gasteiger partial charge in [-0.1, -0.05) is 65.3 Å². The summed E-state index contributed by atoms with van der Waals surface area (Å²) in [6.45, 7) is -0.00178. The number of carbonyl (C=O) groups is 1. The van der Waals surface area contributed by atoms with E-state index in [2.05, 4.69) is 9.99 Å². The molecule has 0 saturated heterocycles. The minimum atomic E-state index is -1.06. The summed E-state index contributed by atoms with van der Waals surface area (Å²) in [4.78, 5) is 15.0. The van der Waals surface area contributed by atoms with Crippen LogP contribution in [0.1, 0.15) is 11.1 Å². The normalized spacial score (nSPS) is 10.8. The van der Waals surface area contributed by atoms with Gasteiger partial charge in [-0.05, 0) is 46.5 Å². The van der Waals surface area contributed by atoms with Crippen LogP contribution >= 0.6 is 11.6 Å². The number of ether oxygens (including phenoxy) is 1. The highest BCUT2D eigenvalue weighted by Gasteiger charge is 2.01. The second kappa shape index (κ2) is 9.58. The molecule has 0 aliphatic rings. The number of hydrogen-bond acceptors (Lipinski definition) is 4. The maximum atomic E-state index is 10.3. The number of oxime groups is 1. The van der Waals surface area contributed by atoms with E-state index in [1.165, 1.54) is 6.21 Å². The number of carboxylic acids is 1. The highest BCUT2D eigenvalue weighted by Crippen LogP contribution is 2.23. The lowest BCUT2D eigenvalue weighted by molar-refractivity contribution is -0.142. The molecule has 3 aromatic carbocycles. The highest BCUT2D eigenvalue weighted by atomic mass is 35.5. The summed E-state index contributed by atoms with van der Waals surface area (Å²) in [6, 6.07) is 23.1. The molecule has 0 heterocycles. The summed E-state index contributed by atoms with van der Waals surface area (Å²) in [5.74, 6) is -0.282. The standard InChI is InChI=1S/C22H18ClNO4/c23-20-3-1-2-17(12-20)14-27-21-10-8-19(9-11-21)18-6-4-16(5-7-18)13-24-28-15-22(25)26/h1-13H,14-15H2,(H,25,26)/b24-13+. The van der Waals surface area contributed by atoms with Crippen molar-refractivity contribution in [1.29, 1.82) is 0 Å². The van der Waals surface area contributed by atoms with Crippen LogP contribution in [0.5, 0.6) is 5.75 Å². The van der Waals surface area contributed by atoms with Gasteiger partial charge in [0, 0.05) is 5.02 Å². The Kier molecular flexibility index (Phi) is 6.65. The fourth-order valence-corrected chi connectivity index (χ4v) is 2.70. The van der Waals surface area contributed by atoms with Crippen molar-refractivity contribution in [2.75, 3.05) is 6.61 Å². The van der Waals surface area contributed by atoms with Crippen molar-refractivity contribution in [1.82, 2.24) is 0 Å². The predicted octanol–water partition coefficient (Wildman–Crippen LogP) is 5.02. The third kappa shape index (κ3) is 5.86. The van der Waals surface area contributed by atoms with E-state index in [4.69, 9.17) is 21.4 Å². The first-order valence-electron chi connectivity index (χ1n) is 8.55. The van der Waals surface area contributed by atoms with Crippen molar-refractivity contribution < 1.29 is 19.5 Å². The van der Waals surface area contributed by atoms with Crippen LogP contribution in [0, 0.1) is 0 Å². The summed E-state index contributed by atoms with van der Waals surface area (Å²) in [5, 5.41) is 12.8. The van der Waals surface area contributed by atoms with Crippen molar-refractivity contribution in [3.63, 3.8) is 0 Å². The third-order valence-electron chi connectivity index (χ3n) is 3.86. The zero-order valence-corrected chi connectivity index (χ0v) is 15.7. The summed E-state index contributed by atoms with van der Waals surface area (Å²) in [6.07, 6.45) is 1.47. The molecule has 6 heteroatoms. The number of benzene rings is 3. The van der Waals surface area contributed by atoms with Crippen molar-refractivity contribution >= 4 is 23.8 Å². The van der Waals surface area contributed by atoms with Gasteiger partial charge in [0.25, 0.3) is 0 Å². The van der Waals surface area contributed by atoms with Gasteiger partial charge in [-0.3, -0.25) is 0 Å². The largest absolute Gasteiger partial charge is 0.489 e. The quantitative estimate of drug-likeness (QED) is 0.429. The molecule has 0 radical (unpaired) electrons. The molecule has 3 aromatic rings. The Balaban J connectivity index is 1.57. The van der Waals surface area contributed by atoms with E-state index in [0.717, 1.165) is 28.0 Å². The fourth-order valence-electron chi connectivity index (χ4n) is 2.49. The molecular weight excluding hydrogens is 378 g/mol. The number of halogens is 1. The van der Waals surface area contributed by atoms with E-state index in [1.807, 2.05) is 72.8 Å². The molecule has 0 aliphatic carbocycles. The van der Waals surface area contributed by atoms with Gasteiger partial charge in [0.05, 0.1) is 6.21 Å². The summed E-state index contributed by atoms with van der Waals surface area (Å²) < 4.78 is 5.80. The average Bonchev–Trinajstić information content (AvgIpc) is 2.70. The molecule has 0 saturated carbocycles. The van der Waals surface area contributed by atoms with E-state index in [9.17, 15) is 4.79 Å².